The molecule has 0 aliphatic heterocycles. The lowest BCUT2D eigenvalue weighted by molar-refractivity contribution is -0.137. The molecule has 0 amide bonds. The predicted molar refractivity (Wildman–Crippen MR) is 242 cm³/mol. The number of aromatic nitrogens is 1. The van der Waals surface area contributed by atoms with Crippen LogP contribution in [-0.2, 0) is 27.8 Å². The molecule has 0 saturated heterocycles. The highest BCUT2D eigenvalue weighted by Crippen LogP contribution is 2.43. The van der Waals surface area contributed by atoms with Gasteiger partial charge in [0.2, 0.25) is 0 Å². The first-order valence-corrected chi connectivity index (χ1v) is 20.5. The molecule has 0 bridgehead atoms. The third kappa shape index (κ3) is 8.00. The normalized spacial score (nSPS) is 13.2. The molecule has 1 heterocycles. The Morgan fingerprint density at radius 3 is 1.24 bits per heavy atom. The second kappa shape index (κ2) is 14.0. The molecule has 0 aliphatic rings. The Kier molecular flexibility index (Phi) is 9.94. The van der Waals surface area contributed by atoms with Gasteiger partial charge in [-0.05, 0) is 121 Å². The van der Waals surface area contributed by atoms with Crippen molar-refractivity contribution < 1.29 is 13.2 Å². The van der Waals surface area contributed by atoms with E-state index < -0.39 is 17.2 Å². The van der Waals surface area contributed by atoms with Crippen molar-refractivity contribution in [2.75, 3.05) is 0 Å². The summed E-state index contributed by atoms with van der Waals surface area (Å²) in [6.07, 6.45) is -4.47. The van der Waals surface area contributed by atoms with Crippen LogP contribution in [0.1, 0.15) is 116 Å². The molecule has 4 heteroatoms. The maximum absolute atomic E-state index is 14.4. The molecule has 0 spiro atoms. The first kappa shape index (κ1) is 41.1. The zero-order valence-corrected chi connectivity index (χ0v) is 36.6. The van der Waals surface area contributed by atoms with Crippen molar-refractivity contribution in [3.05, 3.63) is 149 Å². The highest BCUT2D eigenvalue weighted by atomic mass is 19.4. The lowest BCUT2D eigenvalue weighted by Crippen LogP contribution is -2.16. The third-order valence-corrected chi connectivity index (χ3v) is 11.6. The van der Waals surface area contributed by atoms with E-state index in [1.165, 1.54) is 34.4 Å². The molecule has 0 radical (unpaired) electrons. The van der Waals surface area contributed by atoms with Crippen molar-refractivity contribution in [2.24, 2.45) is 0 Å². The molecule has 0 unspecified atom stereocenters. The van der Waals surface area contributed by atoms with Crippen LogP contribution in [0.2, 0.25) is 0 Å². The van der Waals surface area contributed by atoms with E-state index in [1.54, 1.807) is 0 Å². The van der Waals surface area contributed by atoms with Crippen molar-refractivity contribution in [2.45, 2.75) is 118 Å². The standard InChI is InChI=1S/C54H58F3N/c1-33-22-36(24-39(23-33)50(2,3)4)34-18-20-48-45(29-34)46-30-35(37-25-40(51(5,6)7)32-43(26-37)54(55,56)57)19-21-49(46)58(48)47-17-15-14-16-44(47)38-27-41(52(8,9)10)31-42(28-38)53(11,12)13/h14-32H,1-13H3. The number of hydrogen-bond acceptors (Lipinski definition) is 0. The summed E-state index contributed by atoms with van der Waals surface area (Å²) < 4.78 is 45.5. The molecular weight excluding hydrogens is 720 g/mol. The summed E-state index contributed by atoms with van der Waals surface area (Å²) in [7, 11) is 0. The van der Waals surface area contributed by atoms with Gasteiger partial charge in [0, 0.05) is 16.3 Å². The van der Waals surface area contributed by atoms with Gasteiger partial charge in [0.05, 0.1) is 22.3 Å². The van der Waals surface area contributed by atoms with Crippen LogP contribution >= 0.6 is 0 Å². The van der Waals surface area contributed by atoms with Crippen LogP contribution in [0.25, 0.3) is 60.9 Å². The molecule has 7 rings (SSSR count). The van der Waals surface area contributed by atoms with Gasteiger partial charge in [0.15, 0.2) is 0 Å². The highest BCUT2D eigenvalue weighted by Gasteiger charge is 2.33. The maximum Gasteiger partial charge on any atom is 0.416 e. The highest BCUT2D eigenvalue weighted by molar-refractivity contribution is 6.12. The number of halogens is 3. The Labute approximate surface area is 344 Å². The minimum absolute atomic E-state index is 0.0203. The molecule has 0 fully saturated rings. The summed E-state index contributed by atoms with van der Waals surface area (Å²) in [4.78, 5) is 0. The second-order valence-electron chi connectivity index (χ2n) is 20.5. The fourth-order valence-electron chi connectivity index (χ4n) is 7.98. The molecule has 1 nitrogen and oxygen atoms in total. The van der Waals surface area contributed by atoms with E-state index in [-0.39, 0.29) is 16.2 Å². The van der Waals surface area contributed by atoms with Crippen molar-refractivity contribution in [3.63, 3.8) is 0 Å². The average molecular weight is 778 g/mol. The fourth-order valence-corrected chi connectivity index (χ4v) is 7.98. The van der Waals surface area contributed by atoms with Crippen LogP contribution < -0.4 is 0 Å². The zero-order valence-electron chi connectivity index (χ0n) is 36.6. The van der Waals surface area contributed by atoms with E-state index in [2.05, 4.69) is 165 Å². The number of fused-ring (bicyclic) bond motifs is 3. The van der Waals surface area contributed by atoms with E-state index in [1.807, 2.05) is 32.9 Å². The van der Waals surface area contributed by atoms with Crippen LogP contribution in [-0.4, -0.2) is 4.57 Å². The predicted octanol–water partition coefficient (Wildman–Crippen LogP) is 16.3. The molecule has 0 aliphatic carbocycles. The minimum Gasteiger partial charge on any atom is -0.309 e. The van der Waals surface area contributed by atoms with Gasteiger partial charge in [-0.2, -0.15) is 13.2 Å². The van der Waals surface area contributed by atoms with Gasteiger partial charge in [-0.15, -0.1) is 0 Å². The largest absolute Gasteiger partial charge is 0.416 e. The van der Waals surface area contributed by atoms with Gasteiger partial charge in [0.25, 0.3) is 0 Å². The average Bonchev–Trinajstić information content (AvgIpc) is 3.45. The number of alkyl halides is 3. The van der Waals surface area contributed by atoms with Crippen molar-refractivity contribution >= 4 is 21.8 Å². The number of hydrogen-bond donors (Lipinski definition) is 0. The van der Waals surface area contributed by atoms with Gasteiger partial charge >= 0.3 is 6.18 Å². The summed E-state index contributed by atoms with van der Waals surface area (Å²) in [5, 5.41) is 2.03. The summed E-state index contributed by atoms with van der Waals surface area (Å²) in [5.74, 6) is 0. The molecule has 0 saturated carbocycles. The van der Waals surface area contributed by atoms with Crippen LogP contribution in [0, 0.1) is 6.92 Å². The topological polar surface area (TPSA) is 4.93 Å². The van der Waals surface area contributed by atoms with Crippen molar-refractivity contribution in [1.29, 1.82) is 0 Å². The Hall–Kier alpha value is -5.09. The van der Waals surface area contributed by atoms with E-state index in [9.17, 15) is 13.2 Å². The number of para-hydroxylation sites is 1. The Morgan fingerprint density at radius 1 is 0.379 bits per heavy atom. The van der Waals surface area contributed by atoms with Crippen LogP contribution in [0.4, 0.5) is 13.2 Å². The molecule has 58 heavy (non-hydrogen) atoms. The Bertz CT molecular complexity index is 2630. The van der Waals surface area contributed by atoms with Gasteiger partial charge in [-0.1, -0.05) is 161 Å². The first-order chi connectivity index (χ1) is 26.8. The quantitative estimate of drug-likeness (QED) is 0.168. The maximum atomic E-state index is 14.4. The summed E-state index contributed by atoms with van der Waals surface area (Å²) >= 11 is 0. The zero-order chi connectivity index (χ0) is 42.3. The monoisotopic (exact) mass is 777 g/mol. The van der Waals surface area contributed by atoms with Gasteiger partial charge in [-0.3, -0.25) is 0 Å². The number of rotatable bonds is 4. The van der Waals surface area contributed by atoms with Crippen LogP contribution in [0.5, 0.6) is 0 Å². The molecule has 0 N–H and O–H groups in total. The van der Waals surface area contributed by atoms with Gasteiger partial charge < -0.3 is 4.57 Å². The molecule has 1 aromatic heterocycles. The molecule has 7 aromatic rings. The van der Waals surface area contributed by atoms with Gasteiger partial charge in [-0.25, -0.2) is 0 Å². The molecule has 0 atom stereocenters. The van der Waals surface area contributed by atoms with E-state index in [4.69, 9.17) is 0 Å². The fraction of sp³-hybridized carbons (Fsp3) is 0.333. The SMILES string of the molecule is Cc1cc(-c2ccc3c(c2)c2cc(-c4cc(C(C)(C)C)cc(C(F)(F)F)c4)ccc2n3-c2ccccc2-c2cc(C(C)(C)C)cc(C(C)(C)C)c2)cc(C(C)(C)C)c1. The first-order valence-electron chi connectivity index (χ1n) is 20.5. The summed E-state index contributed by atoms with van der Waals surface area (Å²) in [5.41, 5.74) is 13.4. The summed E-state index contributed by atoms with van der Waals surface area (Å²) in [6, 6.07) is 39.8. The lowest BCUT2D eigenvalue weighted by Gasteiger charge is -2.27. The van der Waals surface area contributed by atoms with E-state index in [0.717, 1.165) is 55.3 Å². The van der Waals surface area contributed by atoms with Crippen molar-refractivity contribution in [3.8, 4) is 39.1 Å². The third-order valence-electron chi connectivity index (χ3n) is 11.6. The van der Waals surface area contributed by atoms with Crippen LogP contribution in [0.15, 0.2) is 115 Å². The van der Waals surface area contributed by atoms with E-state index >= 15 is 0 Å². The van der Waals surface area contributed by atoms with Crippen LogP contribution in [0.3, 0.4) is 0 Å². The molecule has 300 valence electrons. The number of nitrogens with zero attached hydrogens (tertiary/aromatic N) is 1. The second-order valence-corrected chi connectivity index (χ2v) is 20.5. The Morgan fingerprint density at radius 2 is 0.776 bits per heavy atom. The Balaban J connectivity index is 1.55. The van der Waals surface area contributed by atoms with Crippen molar-refractivity contribution in [1.82, 2.24) is 4.57 Å². The smallest absolute Gasteiger partial charge is 0.309 e. The summed E-state index contributed by atoms with van der Waals surface area (Å²) in [6.45, 7) is 28.3. The minimum atomic E-state index is -4.47. The molecule has 6 aromatic carbocycles. The van der Waals surface area contributed by atoms with Gasteiger partial charge in [0.1, 0.15) is 0 Å². The number of benzene rings is 6. The molecular formula is C54H58F3N. The number of aryl methyl sites for hydroxylation is 1. The van der Waals surface area contributed by atoms with E-state index in [0.29, 0.717) is 11.1 Å². The lowest BCUT2D eigenvalue weighted by atomic mass is 9.79.